The molecule has 180 valence electrons. The second-order valence-corrected chi connectivity index (χ2v) is 10.6. The molecule has 1 amide bonds. The molecule has 0 bridgehead atoms. The number of fused-ring (bicyclic) bond motifs is 1. The molecular formula is C22H23N3O7S2. The molecule has 34 heavy (non-hydrogen) atoms. The highest BCUT2D eigenvalue weighted by molar-refractivity contribution is 7.91. The summed E-state index contributed by atoms with van der Waals surface area (Å²) in [6.07, 6.45) is 4.49. The number of ether oxygens (including phenoxy) is 2. The molecule has 1 aliphatic rings. The lowest BCUT2D eigenvalue weighted by molar-refractivity contribution is -0.113. The molecule has 10 nitrogen and oxygen atoms in total. The van der Waals surface area contributed by atoms with Gasteiger partial charge in [0.15, 0.2) is 0 Å². The Balaban J connectivity index is 1.53. The molecule has 0 saturated carbocycles. The van der Waals surface area contributed by atoms with Gasteiger partial charge in [-0.3, -0.25) is 4.79 Å². The molecule has 1 aromatic carbocycles. The minimum Gasteiger partial charge on any atom is -0.497 e. The highest BCUT2D eigenvalue weighted by Gasteiger charge is 2.30. The van der Waals surface area contributed by atoms with Crippen molar-refractivity contribution in [2.24, 2.45) is 0 Å². The number of aromatic nitrogens is 2. The number of hydrogen-bond acceptors (Lipinski definition) is 10. The number of carbonyl (C=O) groups excluding carboxylic acids is 2. The van der Waals surface area contributed by atoms with Gasteiger partial charge in [-0.25, -0.2) is 13.2 Å². The molecule has 0 spiro atoms. The Hall–Kier alpha value is -3.25. The van der Waals surface area contributed by atoms with Crippen molar-refractivity contribution in [1.29, 1.82) is 0 Å². The van der Waals surface area contributed by atoms with E-state index in [4.69, 9.17) is 13.9 Å². The van der Waals surface area contributed by atoms with Crippen molar-refractivity contribution in [3.8, 4) is 17.2 Å². The van der Waals surface area contributed by atoms with Gasteiger partial charge in [-0.15, -0.1) is 16.4 Å². The molecule has 0 fully saturated rings. The van der Waals surface area contributed by atoms with Crippen LogP contribution < -0.4 is 10.1 Å². The van der Waals surface area contributed by atoms with Crippen LogP contribution in [0.1, 0.15) is 40.1 Å². The van der Waals surface area contributed by atoms with E-state index in [1.54, 1.807) is 24.3 Å². The minimum atomic E-state index is -4.22. The number of aryl methyl sites for hydroxylation is 1. The number of sulfone groups is 1. The third-order valence-corrected chi connectivity index (χ3v) is 7.92. The predicted octanol–water partition coefficient (Wildman–Crippen LogP) is 3.27. The van der Waals surface area contributed by atoms with E-state index < -0.39 is 32.7 Å². The van der Waals surface area contributed by atoms with Gasteiger partial charge in [0.1, 0.15) is 16.5 Å². The van der Waals surface area contributed by atoms with E-state index in [2.05, 4.69) is 15.5 Å². The Morgan fingerprint density at radius 3 is 2.71 bits per heavy atom. The van der Waals surface area contributed by atoms with Crippen LogP contribution in [-0.4, -0.2) is 50.5 Å². The number of thiophene rings is 1. The fourth-order valence-electron chi connectivity index (χ4n) is 3.75. The van der Waals surface area contributed by atoms with E-state index in [1.807, 2.05) is 0 Å². The number of amides is 1. The number of nitrogens with one attached hydrogen (secondary N) is 1. The maximum atomic E-state index is 12.7. The van der Waals surface area contributed by atoms with E-state index in [0.29, 0.717) is 28.3 Å². The molecule has 0 saturated heterocycles. The van der Waals surface area contributed by atoms with Crippen molar-refractivity contribution in [3.05, 3.63) is 40.3 Å². The summed E-state index contributed by atoms with van der Waals surface area (Å²) in [5.74, 6) is -1.78. The summed E-state index contributed by atoms with van der Waals surface area (Å²) in [6.45, 7) is 0. The van der Waals surface area contributed by atoms with Gasteiger partial charge < -0.3 is 19.2 Å². The second kappa shape index (κ2) is 9.94. The fraction of sp³-hybridized carbons (Fsp3) is 0.364. The number of nitrogens with zero attached hydrogens (tertiary/aromatic N) is 2. The van der Waals surface area contributed by atoms with Crippen molar-refractivity contribution in [2.45, 2.75) is 37.3 Å². The van der Waals surface area contributed by atoms with Crippen LogP contribution in [0.2, 0.25) is 0 Å². The van der Waals surface area contributed by atoms with Gasteiger partial charge in [-0.1, -0.05) is 17.6 Å². The highest BCUT2D eigenvalue weighted by atomic mass is 32.2. The third kappa shape index (κ3) is 4.97. The topological polar surface area (TPSA) is 138 Å². The zero-order valence-electron chi connectivity index (χ0n) is 18.6. The normalized spacial score (nSPS) is 13.6. The number of anilines is 1. The van der Waals surface area contributed by atoms with Crippen LogP contribution >= 0.6 is 11.3 Å². The fourth-order valence-corrected chi connectivity index (χ4v) is 5.96. The first-order chi connectivity index (χ1) is 16.3. The Bertz CT molecular complexity index is 1330. The van der Waals surface area contributed by atoms with Crippen molar-refractivity contribution in [1.82, 2.24) is 10.2 Å². The summed E-state index contributed by atoms with van der Waals surface area (Å²) in [7, 11) is -1.45. The number of esters is 1. The maximum Gasteiger partial charge on any atom is 0.341 e. The number of rotatable bonds is 7. The van der Waals surface area contributed by atoms with Crippen molar-refractivity contribution in [3.63, 3.8) is 0 Å². The highest BCUT2D eigenvalue weighted by Crippen LogP contribution is 2.38. The standard InChI is InChI=1S/C22H23N3O7S2/c1-30-14-8-6-7-13(11-14)19-24-25-22(32-19)34(28,29)12-17(26)23-20-18(21(27)31-2)15-9-4-3-5-10-16(15)33-20/h6-8,11H,3-5,9-10,12H2,1-2H3,(H,23,26). The van der Waals surface area contributed by atoms with Crippen LogP contribution in [0.25, 0.3) is 11.5 Å². The van der Waals surface area contributed by atoms with Gasteiger partial charge in [-0.05, 0) is 49.4 Å². The Morgan fingerprint density at radius 1 is 1.15 bits per heavy atom. The summed E-state index contributed by atoms with van der Waals surface area (Å²) in [5, 5.41) is 9.58. The first-order valence-electron chi connectivity index (χ1n) is 10.6. The molecule has 0 unspecified atom stereocenters. The van der Waals surface area contributed by atoms with E-state index >= 15 is 0 Å². The van der Waals surface area contributed by atoms with Crippen LogP contribution in [0.15, 0.2) is 33.9 Å². The quantitative estimate of drug-likeness (QED) is 0.379. The molecule has 1 aliphatic carbocycles. The number of benzene rings is 1. The molecule has 0 aliphatic heterocycles. The summed E-state index contributed by atoms with van der Waals surface area (Å²) >= 11 is 1.28. The molecule has 2 aromatic heterocycles. The summed E-state index contributed by atoms with van der Waals surface area (Å²) in [5.41, 5.74) is 1.64. The van der Waals surface area contributed by atoms with Crippen LogP contribution in [0.5, 0.6) is 5.75 Å². The van der Waals surface area contributed by atoms with Crippen LogP contribution in [-0.2, 0) is 32.2 Å². The van der Waals surface area contributed by atoms with E-state index in [0.717, 1.165) is 36.1 Å². The Morgan fingerprint density at radius 2 is 1.94 bits per heavy atom. The van der Waals surface area contributed by atoms with Crippen LogP contribution in [0.3, 0.4) is 0 Å². The smallest absolute Gasteiger partial charge is 0.341 e. The average Bonchev–Trinajstić information content (AvgIpc) is 3.38. The predicted molar refractivity (Wildman–Crippen MR) is 124 cm³/mol. The van der Waals surface area contributed by atoms with Crippen molar-refractivity contribution < 1.29 is 31.9 Å². The average molecular weight is 506 g/mol. The second-order valence-electron chi connectivity index (χ2n) is 7.67. The molecule has 0 radical (unpaired) electrons. The number of hydrogen-bond donors (Lipinski definition) is 1. The van der Waals surface area contributed by atoms with E-state index in [-0.39, 0.29) is 5.89 Å². The first kappa shape index (κ1) is 23.9. The Labute approximate surface area is 200 Å². The lowest BCUT2D eigenvalue weighted by atomic mass is 10.1. The number of methoxy groups -OCH3 is 2. The van der Waals surface area contributed by atoms with Crippen molar-refractivity contribution in [2.75, 3.05) is 25.3 Å². The summed E-state index contributed by atoms with van der Waals surface area (Å²) < 4.78 is 40.9. The molecule has 2 heterocycles. The SMILES string of the molecule is COC(=O)c1c(NC(=O)CS(=O)(=O)c2nnc(-c3cccc(OC)c3)o2)sc2c1CCCCC2. The molecule has 0 atom stereocenters. The van der Waals surface area contributed by atoms with Crippen LogP contribution in [0.4, 0.5) is 5.00 Å². The van der Waals surface area contributed by atoms with Crippen LogP contribution in [0, 0.1) is 0 Å². The third-order valence-electron chi connectivity index (χ3n) is 5.37. The van der Waals surface area contributed by atoms with Gasteiger partial charge in [0.05, 0.1) is 19.8 Å². The van der Waals surface area contributed by atoms with E-state index in [1.165, 1.54) is 25.6 Å². The lowest BCUT2D eigenvalue weighted by Crippen LogP contribution is -2.24. The minimum absolute atomic E-state index is 0.0205. The lowest BCUT2D eigenvalue weighted by Gasteiger charge is -2.07. The number of carbonyl (C=O) groups is 2. The molecule has 1 N–H and O–H groups in total. The summed E-state index contributed by atoms with van der Waals surface area (Å²) in [6, 6.07) is 6.69. The van der Waals surface area contributed by atoms with Gasteiger partial charge >= 0.3 is 11.2 Å². The molecular weight excluding hydrogens is 482 g/mol. The van der Waals surface area contributed by atoms with Gasteiger partial charge in [0.25, 0.3) is 0 Å². The monoisotopic (exact) mass is 505 g/mol. The zero-order valence-corrected chi connectivity index (χ0v) is 20.3. The maximum absolute atomic E-state index is 12.7. The molecule has 4 rings (SSSR count). The Kier molecular flexibility index (Phi) is 6.98. The zero-order chi connectivity index (χ0) is 24.3. The van der Waals surface area contributed by atoms with Gasteiger partial charge in [0.2, 0.25) is 21.6 Å². The summed E-state index contributed by atoms with van der Waals surface area (Å²) in [4.78, 5) is 26.1. The van der Waals surface area contributed by atoms with E-state index in [9.17, 15) is 18.0 Å². The first-order valence-corrected chi connectivity index (χ1v) is 13.0. The van der Waals surface area contributed by atoms with Gasteiger partial charge in [-0.2, -0.15) is 0 Å². The molecule has 12 heteroatoms. The largest absolute Gasteiger partial charge is 0.497 e. The van der Waals surface area contributed by atoms with Crippen molar-refractivity contribution >= 4 is 38.1 Å². The molecule has 3 aromatic rings. The van der Waals surface area contributed by atoms with Gasteiger partial charge in [0, 0.05) is 10.4 Å².